The number of anilines is 6. The molecule has 10 aromatic carbocycles. The minimum absolute atomic E-state index is 0.274. The Hall–Kier alpha value is -9.24. The lowest BCUT2D eigenvalue weighted by Gasteiger charge is -2.37. The van der Waals surface area contributed by atoms with E-state index < -0.39 is 5.41 Å². The fourth-order valence-corrected chi connectivity index (χ4v) is 11.7. The predicted molar refractivity (Wildman–Crippen MR) is 318 cm³/mol. The number of allylic oxidation sites excluding steroid dienone is 8. The highest BCUT2D eigenvalue weighted by Gasteiger charge is 2.50. The Morgan fingerprint density at radius 3 is 1.16 bits per heavy atom. The highest BCUT2D eigenvalue weighted by Crippen LogP contribution is 2.60. The highest BCUT2D eigenvalue weighted by atomic mass is 15.1. The van der Waals surface area contributed by atoms with E-state index in [1.807, 2.05) is 0 Å². The molecule has 2 aliphatic carbocycles. The molecule has 0 heterocycles. The van der Waals surface area contributed by atoms with Crippen molar-refractivity contribution in [3.05, 3.63) is 331 Å². The molecule has 360 valence electrons. The normalized spacial score (nSPS) is 15.8. The Bertz CT molecular complexity index is 3600. The van der Waals surface area contributed by atoms with Gasteiger partial charge in [-0.1, -0.05) is 225 Å². The highest BCUT2D eigenvalue weighted by molar-refractivity contribution is 5.83. The van der Waals surface area contributed by atoms with Crippen molar-refractivity contribution in [1.29, 1.82) is 0 Å². The van der Waals surface area contributed by atoms with Gasteiger partial charge in [0.05, 0.1) is 5.41 Å². The van der Waals surface area contributed by atoms with Crippen LogP contribution in [0.1, 0.15) is 54.0 Å². The molecule has 2 nitrogen and oxygen atoms in total. The van der Waals surface area contributed by atoms with Crippen LogP contribution in [0.4, 0.5) is 34.1 Å². The Balaban J connectivity index is 0.969. The molecule has 0 saturated heterocycles. The summed E-state index contributed by atoms with van der Waals surface area (Å²) in [7, 11) is 0. The van der Waals surface area contributed by atoms with E-state index in [4.69, 9.17) is 0 Å². The molecular weight excluding hydrogens is 905 g/mol. The molecule has 0 fully saturated rings. The Morgan fingerprint density at radius 2 is 0.760 bits per heavy atom. The zero-order chi connectivity index (χ0) is 50.6. The van der Waals surface area contributed by atoms with Gasteiger partial charge in [0, 0.05) is 40.0 Å². The van der Waals surface area contributed by atoms with E-state index in [0.29, 0.717) is 0 Å². The van der Waals surface area contributed by atoms with E-state index in [2.05, 4.69) is 321 Å². The van der Waals surface area contributed by atoms with Gasteiger partial charge in [-0.05, 0) is 165 Å². The van der Waals surface area contributed by atoms with E-state index in [9.17, 15) is 0 Å². The van der Waals surface area contributed by atoms with Crippen LogP contribution >= 0.6 is 0 Å². The molecule has 0 amide bonds. The zero-order valence-electron chi connectivity index (χ0n) is 42.5. The number of nitrogens with zero attached hydrogens (tertiary/aromatic N) is 2. The fourth-order valence-electron chi connectivity index (χ4n) is 11.7. The number of benzene rings is 10. The summed E-state index contributed by atoms with van der Waals surface area (Å²) in [4.78, 5) is 4.77. The average molecular weight is 963 g/mol. The molecule has 0 aromatic heterocycles. The molecule has 2 heteroatoms. The standard InChI is InChI=1S/C73H58N2/c1-3-18-53(4-2)57-29-41-63(42-30-57)74(64-43-31-58(32-44-64)54-19-8-5-9-20-54)67-49-37-61(38-50-67)73(71-27-16-14-25-69(71)70-26-15-17-28-72(70)73)62-39-51-68(52-40-62)75(65-45-33-59(34-46-65)55-21-10-6-11-22-55)66-47-35-60(36-48-66)56-23-12-7-13-24-56/h3-25,27-52,70H,26H2,1-2H3/b18-3-,53-4+. The number of hydrogen-bond acceptors (Lipinski definition) is 2. The van der Waals surface area contributed by atoms with Crippen molar-refractivity contribution in [1.82, 2.24) is 0 Å². The van der Waals surface area contributed by atoms with Crippen molar-refractivity contribution in [2.75, 3.05) is 9.80 Å². The van der Waals surface area contributed by atoms with Crippen LogP contribution in [-0.4, -0.2) is 0 Å². The van der Waals surface area contributed by atoms with Gasteiger partial charge in [0.1, 0.15) is 0 Å². The van der Waals surface area contributed by atoms with E-state index in [1.54, 1.807) is 0 Å². The predicted octanol–water partition coefficient (Wildman–Crippen LogP) is 19.9. The molecule has 2 atom stereocenters. The molecule has 0 saturated carbocycles. The van der Waals surface area contributed by atoms with Crippen molar-refractivity contribution >= 4 is 39.7 Å². The van der Waals surface area contributed by atoms with E-state index >= 15 is 0 Å². The minimum atomic E-state index is -0.526. The average Bonchev–Trinajstić information content (AvgIpc) is 3.93. The van der Waals surface area contributed by atoms with Crippen molar-refractivity contribution in [3.63, 3.8) is 0 Å². The second-order valence-electron chi connectivity index (χ2n) is 19.5. The summed E-state index contributed by atoms with van der Waals surface area (Å²) in [6.07, 6.45) is 14.4. The molecule has 0 aliphatic heterocycles. The quantitative estimate of drug-likeness (QED) is 0.106. The first-order valence-electron chi connectivity index (χ1n) is 26.2. The van der Waals surface area contributed by atoms with Crippen molar-refractivity contribution in [2.45, 2.75) is 31.6 Å². The van der Waals surface area contributed by atoms with Gasteiger partial charge in [-0.25, -0.2) is 0 Å². The maximum atomic E-state index is 2.40. The van der Waals surface area contributed by atoms with Gasteiger partial charge < -0.3 is 9.80 Å². The van der Waals surface area contributed by atoms with Gasteiger partial charge in [0.25, 0.3) is 0 Å². The Labute approximate surface area is 442 Å². The van der Waals surface area contributed by atoms with E-state index in [1.165, 1.54) is 72.3 Å². The van der Waals surface area contributed by atoms with Crippen molar-refractivity contribution in [2.24, 2.45) is 0 Å². The smallest absolute Gasteiger partial charge is 0.0673 e. The number of hydrogen-bond donors (Lipinski definition) is 0. The summed E-state index contributed by atoms with van der Waals surface area (Å²) in [5.74, 6) is 0.274. The zero-order valence-corrected chi connectivity index (χ0v) is 42.5. The van der Waals surface area contributed by atoms with Gasteiger partial charge in [0.2, 0.25) is 0 Å². The number of fused-ring (bicyclic) bond motifs is 3. The molecule has 12 rings (SSSR count). The minimum Gasteiger partial charge on any atom is -0.311 e. The lowest BCUT2D eigenvalue weighted by Crippen LogP contribution is -2.30. The molecule has 0 radical (unpaired) electrons. The van der Waals surface area contributed by atoms with Crippen LogP contribution in [0.5, 0.6) is 0 Å². The second-order valence-corrected chi connectivity index (χ2v) is 19.5. The van der Waals surface area contributed by atoms with Crippen LogP contribution in [0.25, 0.3) is 39.0 Å². The lowest BCUT2D eigenvalue weighted by atomic mass is 9.66. The Kier molecular flexibility index (Phi) is 12.9. The third-order valence-corrected chi connectivity index (χ3v) is 15.3. The SMILES string of the molecule is C/C=C\C(=C/C)c1ccc(N(c2ccc(-c3ccccc3)cc2)c2ccc(C3(c4ccc(N(c5ccc(-c6ccccc6)cc5)c5ccc(-c6ccccc6)cc5)cc4)C4=CC=CCC4c4ccccc43)cc2)cc1. The van der Waals surface area contributed by atoms with Crippen molar-refractivity contribution < 1.29 is 0 Å². The monoisotopic (exact) mass is 962 g/mol. The molecule has 2 aliphatic rings. The lowest BCUT2D eigenvalue weighted by molar-refractivity contribution is 0.693. The molecule has 0 bridgehead atoms. The first-order chi connectivity index (χ1) is 37.1. The third-order valence-electron chi connectivity index (χ3n) is 15.3. The first kappa shape index (κ1) is 46.8. The summed E-state index contributed by atoms with van der Waals surface area (Å²) in [6, 6.07) is 95.8. The summed E-state index contributed by atoms with van der Waals surface area (Å²) in [5.41, 5.74) is 22.3. The Morgan fingerprint density at radius 1 is 0.400 bits per heavy atom. The molecule has 75 heavy (non-hydrogen) atoms. The van der Waals surface area contributed by atoms with Crippen LogP contribution in [0.2, 0.25) is 0 Å². The van der Waals surface area contributed by atoms with E-state index in [-0.39, 0.29) is 5.92 Å². The summed E-state index contributed by atoms with van der Waals surface area (Å²) in [5, 5.41) is 0. The second kappa shape index (κ2) is 20.7. The van der Waals surface area contributed by atoms with Gasteiger partial charge in [0.15, 0.2) is 0 Å². The van der Waals surface area contributed by atoms with Crippen molar-refractivity contribution in [3.8, 4) is 33.4 Å². The summed E-state index contributed by atoms with van der Waals surface area (Å²) in [6.45, 7) is 4.17. The van der Waals surface area contributed by atoms with Crippen LogP contribution in [0.3, 0.4) is 0 Å². The maximum absolute atomic E-state index is 2.40. The number of rotatable bonds is 13. The molecule has 0 N–H and O–H groups in total. The maximum Gasteiger partial charge on any atom is 0.0673 e. The fraction of sp³-hybridized carbons (Fsp3) is 0.0685. The summed E-state index contributed by atoms with van der Waals surface area (Å²) >= 11 is 0. The first-order valence-corrected chi connectivity index (χ1v) is 26.2. The summed E-state index contributed by atoms with van der Waals surface area (Å²) < 4.78 is 0. The molecule has 2 unspecified atom stereocenters. The van der Waals surface area contributed by atoms with Crippen LogP contribution in [-0.2, 0) is 5.41 Å². The van der Waals surface area contributed by atoms with Gasteiger partial charge in [-0.3, -0.25) is 0 Å². The molecular formula is C73H58N2. The van der Waals surface area contributed by atoms with Gasteiger partial charge in [-0.2, -0.15) is 0 Å². The van der Waals surface area contributed by atoms with Crippen LogP contribution < -0.4 is 9.80 Å². The van der Waals surface area contributed by atoms with Gasteiger partial charge in [-0.15, -0.1) is 0 Å². The largest absolute Gasteiger partial charge is 0.311 e. The van der Waals surface area contributed by atoms with E-state index in [0.717, 1.165) is 40.5 Å². The molecule has 0 spiro atoms. The topological polar surface area (TPSA) is 6.48 Å². The third kappa shape index (κ3) is 8.85. The van der Waals surface area contributed by atoms with Crippen LogP contribution in [0, 0.1) is 0 Å². The van der Waals surface area contributed by atoms with Crippen LogP contribution in [0.15, 0.2) is 303 Å². The molecule has 10 aromatic rings. The van der Waals surface area contributed by atoms with Gasteiger partial charge >= 0.3 is 0 Å².